The minimum atomic E-state index is 0.841. The van der Waals surface area contributed by atoms with Gasteiger partial charge in [-0.15, -0.1) is 0 Å². The van der Waals surface area contributed by atoms with Crippen molar-refractivity contribution in [1.29, 1.82) is 0 Å². The van der Waals surface area contributed by atoms with Gasteiger partial charge in [0.05, 0.1) is 0 Å². The van der Waals surface area contributed by atoms with Crippen LogP contribution in [0.4, 0.5) is 0 Å². The van der Waals surface area contributed by atoms with E-state index in [1.807, 2.05) is 0 Å². The van der Waals surface area contributed by atoms with E-state index in [0.717, 1.165) is 66.1 Å². The van der Waals surface area contributed by atoms with Gasteiger partial charge >= 0.3 is 0 Å². The van der Waals surface area contributed by atoms with E-state index < -0.39 is 0 Å². The second kappa shape index (κ2) is 13.2. The van der Waals surface area contributed by atoms with E-state index in [9.17, 15) is 0 Å². The Morgan fingerprint density at radius 1 is 0.214 bits per heavy atom. The molecule has 0 saturated heterocycles. The number of fused-ring (bicyclic) bond motifs is 6. The second-order valence-electron chi connectivity index (χ2n) is 14.5. The van der Waals surface area contributed by atoms with E-state index >= 15 is 0 Å². The minimum Gasteiger partial charge on any atom is -0.455 e. The minimum absolute atomic E-state index is 0.841. The highest BCUT2D eigenvalue weighted by Crippen LogP contribution is 2.44. The lowest BCUT2D eigenvalue weighted by molar-refractivity contribution is 0.665. The van der Waals surface area contributed by atoms with Gasteiger partial charge in [0, 0.05) is 32.7 Å². The lowest BCUT2D eigenvalue weighted by Gasteiger charge is -2.11. The number of furan rings is 2. The Morgan fingerprint density at radius 2 is 0.518 bits per heavy atom. The third-order valence-electron chi connectivity index (χ3n) is 11.0. The molecule has 2 heteroatoms. The molecule has 11 rings (SSSR count). The summed E-state index contributed by atoms with van der Waals surface area (Å²) < 4.78 is 13.7. The Labute approximate surface area is 324 Å². The van der Waals surface area contributed by atoms with E-state index in [1.165, 1.54) is 44.5 Å². The first kappa shape index (κ1) is 32.0. The summed E-state index contributed by atoms with van der Waals surface area (Å²) in [5.74, 6) is 0. The Hall–Kier alpha value is -7.42. The van der Waals surface area contributed by atoms with Crippen LogP contribution in [-0.4, -0.2) is 0 Å². The van der Waals surface area contributed by atoms with Gasteiger partial charge < -0.3 is 8.83 Å². The molecule has 9 aromatic carbocycles. The normalized spacial score (nSPS) is 11.6. The molecule has 56 heavy (non-hydrogen) atoms. The Bertz CT molecular complexity index is 2870. The molecule has 0 aliphatic heterocycles. The Kier molecular flexibility index (Phi) is 7.53. The van der Waals surface area contributed by atoms with Crippen LogP contribution in [0.2, 0.25) is 0 Å². The van der Waals surface area contributed by atoms with E-state index in [-0.39, 0.29) is 0 Å². The first-order valence-corrected chi connectivity index (χ1v) is 19.1. The number of hydrogen-bond donors (Lipinski definition) is 0. The van der Waals surface area contributed by atoms with Crippen molar-refractivity contribution in [3.05, 3.63) is 206 Å². The first-order chi connectivity index (χ1) is 27.7. The summed E-state index contributed by atoms with van der Waals surface area (Å²) in [5.41, 5.74) is 17.1. The van der Waals surface area contributed by atoms with E-state index in [0.29, 0.717) is 0 Å². The third kappa shape index (κ3) is 5.51. The molecule has 0 aliphatic carbocycles. The fourth-order valence-corrected chi connectivity index (χ4v) is 8.30. The van der Waals surface area contributed by atoms with E-state index in [2.05, 4.69) is 206 Å². The average Bonchev–Trinajstić information content (AvgIpc) is 3.84. The molecule has 0 radical (unpaired) electrons. The fraction of sp³-hybridized carbons (Fsp3) is 0. The second-order valence-corrected chi connectivity index (χ2v) is 14.5. The topological polar surface area (TPSA) is 26.3 Å². The zero-order chi connectivity index (χ0) is 37.0. The van der Waals surface area contributed by atoms with Crippen molar-refractivity contribution in [3.63, 3.8) is 0 Å². The lowest BCUT2D eigenvalue weighted by atomic mass is 9.92. The SMILES string of the molecule is c1ccc(-c2cc(-c3ccccc3)cc(-c3cccc4c3oc3cc5c(cc34)oc3c(-c4cc(-c6ccccc6)cc(-c6ccccc6)c4)cccc35)c2)cc1. The summed E-state index contributed by atoms with van der Waals surface area (Å²) in [6.07, 6.45) is 0. The van der Waals surface area contributed by atoms with Crippen LogP contribution in [0.25, 0.3) is 111 Å². The molecule has 11 aromatic rings. The molecule has 0 amide bonds. The van der Waals surface area contributed by atoms with Crippen LogP contribution in [0.1, 0.15) is 0 Å². The molecule has 0 bridgehead atoms. The van der Waals surface area contributed by atoms with Crippen molar-refractivity contribution in [3.8, 4) is 66.8 Å². The molecule has 0 aliphatic rings. The summed E-state index contributed by atoms with van der Waals surface area (Å²) in [6.45, 7) is 0. The van der Waals surface area contributed by atoms with Gasteiger partial charge in [0.1, 0.15) is 22.3 Å². The predicted octanol–water partition coefficient (Wildman–Crippen LogP) is 15.5. The Balaban J connectivity index is 1.07. The van der Waals surface area contributed by atoms with E-state index in [1.54, 1.807) is 0 Å². The van der Waals surface area contributed by atoms with Crippen LogP contribution < -0.4 is 0 Å². The van der Waals surface area contributed by atoms with Gasteiger partial charge in [-0.1, -0.05) is 158 Å². The van der Waals surface area contributed by atoms with Crippen LogP contribution in [0.15, 0.2) is 215 Å². The molecule has 0 atom stereocenters. The maximum Gasteiger partial charge on any atom is 0.143 e. The van der Waals surface area contributed by atoms with Gasteiger partial charge in [-0.3, -0.25) is 0 Å². The molecule has 0 N–H and O–H groups in total. The molecule has 2 heterocycles. The summed E-state index contributed by atoms with van der Waals surface area (Å²) in [6, 6.07) is 73.3. The number of rotatable bonds is 6. The highest BCUT2D eigenvalue weighted by Gasteiger charge is 2.19. The van der Waals surface area contributed by atoms with Crippen molar-refractivity contribution in [2.45, 2.75) is 0 Å². The van der Waals surface area contributed by atoms with Gasteiger partial charge in [-0.25, -0.2) is 0 Å². The molecule has 2 nitrogen and oxygen atoms in total. The fourth-order valence-electron chi connectivity index (χ4n) is 8.30. The molecular formula is C54H34O2. The molecular weight excluding hydrogens is 681 g/mol. The quantitative estimate of drug-likeness (QED) is 0.171. The standard InChI is InChI=1S/C54H34O2/c1-5-15-35(16-6-1)39-27-40(36-17-7-2-8-18-36)30-43(29-39)45-23-13-25-47-49-33-52-50(34-51(49)55-53(45)47)48-26-14-24-46(54(48)56-52)44-31-41(37-19-9-3-10-20-37)28-42(32-44)38-21-11-4-12-22-38/h1-34H. The smallest absolute Gasteiger partial charge is 0.143 e. The molecule has 2 aromatic heterocycles. The van der Waals surface area contributed by atoms with E-state index in [4.69, 9.17) is 8.83 Å². The van der Waals surface area contributed by atoms with Crippen molar-refractivity contribution < 1.29 is 8.83 Å². The van der Waals surface area contributed by atoms with Crippen molar-refractivity contribution >= 4 is 43.9 Å². The number of hydrogen-bond acceptors (Lipinski definition) is 2. The molecule has 0 spiro atoms. The van der Waals surface area contributed by atoms with Crippen LogP contribution in [-0.2, 0) is 0 Å². The molecule has 0 saturated carbocycles. The molecule has 0 unspecified atom stereocenters. The molecule has 0 fully saturated rings. The number of para-hydroxylation sites is 2. The first-order valence-electron chi connectivity index (χ1n) is 19.1. The van der Waals surface area contributed by atoms with Crippen molar-refractivity contribution in [2.24, 2.45) is 0 Å². The highest BCUT2D eigenvalue weighted by molar-refractivity contribution is 6.18. The highest BCUT2D eigenvalue weighted by atomic mass is 16.3. The monoisotopic (exact) mass is 714 g/mol. The molecule has 262 valence electrons. The number of benzene rings is 9. The summed E-state index contributed by atoms with van der Waals surface area (Å²) in [5, 5.41) is 4.20. The third-order valence-corrected chi connectivity index (χ3v) is 11.0. The van der Waals surface area contributed by atoms with Crippen LogP contribution in [0, 0.1) is 0 Å². The average molecular weight is 715 g/mol. The van der Waals surface area contributed by atoms with Gasteiger partial charge in [-0.05, 0) is 104 Å². The largest absolute Gasteiger partial charge is 0.455 e. The van der Waals surface area contributed by atoms with Gasteiger partial charge in [0.2, 0.25) is 0 Å². The zero-order valence-electron chi connectivity index (χ0n) is 30.4. The van der Waals surface area contributed by atoms with Crippen molar-refractivity contribution in [1.82, 2.24) is 0 Å². The maximum atomic E-state index is 6.86. The Morgan fingerprint density at radius 3 is 0.839 bits per heavy atom. The zero-order valence-corrected chi connectivity index (χ0v) is 30.4. The van der Waals surface area contributed by atoms with Gasteiger partial charge in [0.15, 0.2) is 0 Å². The van der Waals surface area contributed by atoms with Crippen molar-refractivity contribution in [2.75, 3.05) is 0 Å². The van der Waals surface area contributed by atoms with Gasteiger partial charge in [-0.2, -0.15) is 0 Å². The van der Waals surface area contributed by atoms with Crippen LogP contribution in [0.3, 0.4) is 0 Å². The summed E-state index contributed by atoms with van der Waals surface area (Å²) in [7, 11) is 0. The summed E-state index contributed by atoms with van der Waals surface area (Å²) >= 11 is 0. The predicted molar refractivity (Wildman–Crippen MR) is 234 cm³/mol. The lowest BCUT2D eigenvalue weighted by Crippen LogP contribution is -1.86. The van der Waals surface area contributed by atoms with Gasteiger partial charge in [0.25, 0.3) is 0 Å². The summed E-state index contributed by atoms with van der Waals surface area (Å²) in [4.78, 5) is 0. The van der Waals surface area contributed by atoms with Crippen LogP contribution in [0.5, 0.6) is 0 Å². The van der Waals surface area contributed by atoms with Crippen LogP contribution >= 0.6 is 0 Å². The maximum absolute atomic E-state index is 6.86.